The summed E-state index contributed by atoms with van der Waals surface area (Å²) in [7, 11) is 2.12. The third-order valence-electron chi connectivity index (χ3n) is 3.44. The zero-order valence-electron chi connectivity index (χ0n) is 13.0. The van der Waals surface area contributed by atoms with Gasteiger partial charge in [0, 0.05) is 24.8 Å². The van der Waals surface area contributed by atoms with Gasteiger partial charge in [0.15, 0.2) is 0 Å². The minimum Gasteiger partial charge on any atom is -0.366 e. The summed E-state index contributed by atoms with van der Waals surface area (Å²) in [6.07, 6.45) is 4.14. The Kier molecular flexibility index (Phi) is 5.33. The van der Waals surface area contributed by atoms with Crippen molar-refractivity contribution < 1.29 is 0 Å². The van der Waals surface area contributed by atoms with Gasteiger partial charge in [-0.25, -0.2) is 4.98 Å². The lowest BCUT2D eigenvalue weighted by atomic mass is 10.2. The monoisotopic (exact) mass is 288 g/mol. The Bertz CT molecular complexity index is 637. The fourth-order valence-electron chi connectivity index (χ4n) is 2.41. The molecule has 0 saturated carbocycles. The van der Waals surface area contributed by atoms with E-state index in [0.29, 0.717) is 11.5 Å². The molecule has 1 atom stereocenters. The van der Waals surface area contributed by atoms with Crippen LogP contribution in [0.3, 0.4) is 0 Å². The van der Waals surface area contributed by atoms with Gasteiger partial charge in [-0.3, -0.25) is 9.20 Å². The van der Waals surface area contributed by atoms with E-state index in [2.05, 4.69) is 36.1 Å². The van der Waals surface area contributed by atoms with Gasteiger partial charge in [-0.1, -0.05) is 19.4 Å². The number of pyridine rings is 1. The van der Waals surface area contributed by atoms with Gasteiger partial charge in [0.2, 0.25) is 0 Å². The van der Waals surface area contributed by atoms with Crippen LogP contribution in [0.2, 0.25) is 0 Å². The molecule has 1 N–H and O–H groups in total. The highest BCUT2D eigenvalue weighted by Crippen LogP contribution is 2.06. The zero-order chi connectivity index (χ0) is 15.2. The highest BCUT2D eigenvalue weighted by Gasteiger charge is 2.08. The first-order valence-corrected chi connectivity index (χ1v) is 7.53. The van der Waals surface area contributed by atoms with E-state index < -0.39 is 0 Å². The standard InChI is InChI=1S/C16H24N4O/c1-4-5-9-19(3)12-13(2)17-14-11-16(21)20-10-7-6-8-15(20)18-14/h6-8,10-11,13,17H,4-5,9,12H2,1-3H3/t13-/m0/s1. The van der Waals surface area contributed by atoms with Crippen molar-refractivity contribution in [2.45, 2.75) is 32.7 Å². The highest BCUT2D eigenvalue weighted by atomic mass is 16.1. The molecule has 2 aromatic heterocycles. The second-order valence-electron chi connectivity index (χ2n) is 5.57. The van der Waals surface area contributed by atoms with Crippen molar-refractivity contribution >= 4 is 11.5 Å². The van der Waals surface area contributed by atoms with E-state index in [1.54, 1.807) is 16.7 Å². The lowest BCUT2D eigenvalue weighted by Gasteiger charge is -2.22. The van der Waals surface area contributed by atoms with Gasteiger partial charge >= 0.3 is 0 Å². The van der Waals surface area contributed by atoms with Crippen LogP contribution in [0.5, 0.6) is 0 Å². The van der Waals surface area contributed by atoms with Gasteiger partial charge in [0.1, 0.15) is 11.5 Å². The van der Waals surface area contributed by atoms with Crippen molar-refractivity contribution in [1.29, 1.82) is 0 Å². The van der Waals surface area contributed by atoms with Crippen LogP contribution in [0.1, 0.15) is 26.7 Å². The third kappa shape index (κ3) is 4.29. The molecular formula is C16H24N4O. The normalized spacial score (nSPS) is 12.8. The van der Waals surface area contributed by atoms with E-state index in [0.717, 1.165) is 13.1 Å². The second kappa shape index (κ2) is 7.22. The van der Waals surface area contributed by atoms with E-state index >= 15 is 0 Å². The number of nitrogens with one attached hydrogen (secondary N) is 1. The van der Waals surface area contributed by atoms with Crippen LogP contribution in [0, 0.1) is 0 Å². The van der Waals surface area contributed by atoms with Gasteiger partial charge in [-0.2, -0.15) is 0 Å². The summed E-state index contributed by atoms with van der Waals surface area (Å²) in [5.74, 6) is 0.641. The number of nitrogens with zero attached hydrogens (tertiary/aromatic N) is 3. The van der Waals surface area contributed by atoms with Crippen LogP contribution in [0.25, 0.3) is 5.65 Å². The molecule has 0 saturated heterocycles. The first-order chi connectivity index (χ1) is 10.1. The average molecular weight is 288 g/mol. The van der Waals surface area contributed by atoms with E-state index in [4.69, 9.17) is 0 Å². The molecule has 0 bridgehead atoms. The van der Waals surface area contributed by atoms with Gasteiger partial charge < -0.3 is 10.2 Å². The fourth-order valence-corrected chi connectivity index (χ4v) is 2.41. The minimum absolute atomic E-state index is 0.0605. The SMILES string of the molecule is CCCCN(C)C[C@H](C)Nc1cc(=O)n2ccccc2n1. The lowest BCUT2D eigenvalue weighted by Crippen LogP contribution is -2.33. The summed E-state index contributed by atoms with van der Waals surface area (Å²) in [6, 6.07) is 7.34. The molecular weight excluding hydrogens is 264 g/mol. The molecule has 0 aromatic carbocycles. The maximum atomic E-state index is 12.0. The Morgan fingerprint density at radius 1 is 1.43 bits per heavy atom. The molecule has 0 fully saturated rings. The summed E-state index contributed by atoms with van der Waals surface area (Å²) in [6.45, 7) is 6.32. The van der Waals surface area contributed by atoms with Crippen molar-refractivity contribution in [3.05, 3.63) is 40.8 Å². The van der Waals surface area contributed by atoms with Crippen LogP contribution in [0.15, 0.2) is 35.3 Å². The summed E-state index contributed by atoms with van der Waals surface area (Å²) >= 11 is 0. The Hall–Kier alpha value is -1.88. The molecule has 114 valence electrons. The number of hydrogen-bond acceptors (Lipinski definition) is 4. The largest absolute Gasteiger partial charge is 0.366 e. The lowest BCUT2D eigenvalue weighted by molar-refractivity contribution is 0.318. The first kappa shape index (κ1) is 15.5. The van der Waals surface area contributed by atoms with E-state index in [-0.39, 0.29) is 11.6 Å². The van der Waals surface area contributed by atoms with Crippen LogP contribution in [-0.4, -0.2) is 40.5 Å². The Balaban J connectivity index is 2.04. The number of likely N-dealkylation sites (N-methyl/N-ethyl adjacent to an activating group) is 1. The number of rotatable bonds is 7. The molecule has 0 aliphatic carbocycles. The van der Waals surface area contributed by atoms with E-state index in [1.165, 1.54) is 12.8 Å². The fraction of sp³-hybridized carbons (Fsp3) is 0.500. The maximum absolute atomic E-state index is 12.0. The van der Waals surface area contributed by atoms with Gasteiger partial charge in [-0.05, 0) is 39.1 Å². The van der Waals surface area contributed by atoms with Crippen LogP contribution in [-0.2, 0) is 0 Å². The number of unbranched alkanes of at least 4 members (excludes halogenated alkanes) is 1. The molecule has 0 radical (unpaired) electrons. The van der Waals surface area contributed by atoms with Crippen LogP contribution < -0.4 is 10.9 Å². The highest BCUT2D eigenvalue weighted by molar-refractivity contribution is 5.46. The number of anilines is 1. The van der Waals surface area contributed by atoms with Crippen LogP contribution in [0.4, 0.5) is 5.82 Å². The van der Waals surface area contributed by atoms with Gasteiger partial charge in [-0.15, -0.1) is 0 Å². The predicted molar refractivity (Wildman–Crippen MR) is 87.0 cm³/mol. The van der Waals surface area contributed by atoms with Crippen molar-refractivity contribution in [2.75, 3.05) is 25.5 Å². The van der Waals surface area contributed by atoms with Gasteiger partial charge in [0.25, 0.3) is 5.56 Å². The quantitative estimate of drug-likeness (QED) is 0.849. The Morgan fingerprint density at radius 3 is 3.00 bits per heavy atom. The molecule has 0 aliphatic heterocycles. The topological polar surface area (TPSA) is 49.6 Å². The summed E-state index contributed by atoms with van der Waals surface area (Å²) in [5, 5.41) is 3.32. The smallest absolute Gasteiger partial charge is 0.259 e. The zero-order valence-corrected chi connectivity index (χ0v) is 13.0. The summed E-state index contributed by atoms with van der Waals surface area (Å²) < 4.78 is 1.54. The molecule has 0 aliphatic rings. The number of aromatic nitrogens is 2. The Labute approximate surface area is 125 Å². The number of hydrogen-bond donors (Lipinski definition) is 1. The molecule has 0 unspecified atom stereocenters. The average Bonchev–Trinajstić information content (AvgIpc) is 2.45. The predicted octanol–water partition coefficient (Wildman–Crippen LogP) is 2.23. The van der Waals surface area contributed by atoms with Gasteiger partial charge in [0.05, 0.1) is 0 Å². The second-order valence-corrected chi connectivity index (χ2v) is 5.57. The molecule has 2 rings (SSSR count). The van der Waals surface area contributed by atoms with Crippen molar-refractivity contribution in [3.8, 4) is 0 Å². The maximum Gasteiger partial charge on any atom is 0.259 e. The van der Waals surface area contributed by atoms with Crippen LogP contribution >= 0.6 is 0 Å². The molecule has 21 heavy (non-hydrogen) atoms. The minimum atomic E-state index is -0.0605. The molecule has 0 spiro atoms. The molecule has 5 heteroatoms. The molecule has 5 nitrogen and oxygen atoms in total. The third-order valence-corrected chi connectivity index (χ3v) is 3.44. The first-order valence-electron chi connectivity index (χ1n) is 7.53. The van der Waals surface area contributed by atoms with Crippen molar-refractivity contribution in [3.63, 3.8) is 0 Å². The Morgan fingerprint density at radius 2 is 2.24 bits per heavy atom. The van der Waals surface area contributed by atoms with E-state index in [9.17, 15) is 4.79 Å². The molecule has 2 aromatic rings. The summed E-state index contributed by atoms with van der Waals surface area (Å²) in [5.41, 5.74) is 0.605. The van der Waals surface area contributed by atoms with Crippen molar-refractivity contribution in [1.82, 2.24) is 14.3 Å². The van der Waals surface area contributed by atoms with Crippen molar-refractivity contribution in [2.24, 2.45) is 0 Å². The number of fused-ring (bicyclic) bond motifs is 1. The van der Waals surface area contributed by atoms with E-state index in [1.807, 2.05) is 18.2 Å². The molecule has 2 heterocycles. The summed E-state index contributed by atoms with van der Waals surface area (Å²) in [4.78, 5) is 18.8. The molecule has 0 amide bonds.